The highest BCUT2D eigenvalue weighted by Crippen LogP contribution is 2.29. The van der Waals surface area contributed by atoms with E-state index in [9.17, 15) is 4.79 Å². The molecule has 24 heavy (non-hydrogen) atoms. The number of rotatable bonds is 4. The fraction of sp³-hybridized carbons (Fsp3) is 0.529. The fourth-order valence-corrected chi connectivity index (χ4v) is 3.30. The minimum atomic E-state index is -0.285. The molecular formula is C17H24BrN3O2S. The molecule has 1 aromatic rings. The maximum atomic E-state index is 11.8. The van der Waals surface area contributed by atoms with Gasteiger partial charge in [0.2, 0.25) is 0 Å². The molecule has 5 nitrogen and oxygen atoms in total. The first-order chi connectivity index (χ1) is 11.5. The van der Waals surface area contributed by atoms with Gasteiger partial charge in [0, 0.05) is 10.5 Å². The first-order valence-corrected chi connectivity index (χ1v) is 9.39. The summed E-state index contributed by atoms with van der Waals surface area (Å²) in [5, 5.41) is 3.74. The zero-order valence-electron chi connectivity index (χ0n) is 14.0. The van der Waals surface area contributed by atoms with Gasteiger partial charge in [0.05, 0.1) is 0 Å². The van der Waals surface area contributed by atoms with Crippen molar-refractivity contribution in [2.24, 2.45) is 11.8 Å². The molecule has 1 saturated carbocycles. The van der Waals surface area contributed by atoms with Crippen LogP contribution in [0.2, 0.25) is 0 Å². The number of thiocarbonyl (C=S) groups is 1. The van der Waals surface area contributed by atoms with Crippen LogP contribution in [0.1, 0.15) is 33.1 Å². The zero-order valence-corrected chi connectivity index (χ0v) is 16.4. The number of carbonyl (C=O) groups is 1. The van der Waals surface area contributed by atoms with Crippen LogP contribution in [0, 0.1) is 11.8 Å². The Morgan fingerprint density at radius 1 is 1.25 bits per heavy atom. The molecule has 0 aromatic heterocycles. The largest absolute Gasteiger partial charge is 0.484 e. The highest BCUT2D eigenvalue weighted by atomic mass is 79.9. The van der Waals surface area contributed by atoms with Gasteiger partial charge < -0.3 is 10.1 Å². The minimum absolute atomic E-state index is 0.0753. The number of hydrazine groups is 1. The molecule has 1 aliphatic rings. The van der Waals surface area contributed by atoms with E-state index in [-0.39, 0.29) is 12.5 Å². The van der Waals surface area contributed by atoms with Gasteiger partial charge in [0.1, 0.15) is 5.75 Å². The number of halogens is 1. The first kappa shape index (κ1) is 19.0. The summed E-state index contributed by atoms with van der Waals surface area (Å²) in [5.74, 6) is 1.61. The zero-order chi connectivity index (χ0) is 17.5. The second-order valence-electron chi connectivity index (χ2n) is 6.26. The Hall–Kier alpha value is -1.34. The Kier molecular flexibility index (Phi) is 7.30. The molecule has 0 heterocycles. The van der Waals surface area contributed by atoms with Crippen LogP contribution in [0.3, 0.4) is 0 Å². The molecule has 1 aliphatic carbocycles. The number of hydrogen-bond donors (Lipinski definition) is 3. The van der Waals surface area contributed by atoms with Crippen LogP contribution in [0.4, 0.5) is 0 Å². The molecule has 0 saturated heterocycles. The molecule has 1 fully saturated rings. The first-order valence-electron chi connectivity index (χ1n) is 8.19. The van der Waals surface area contributed by atoms with Gasteiger partial charge in [-0.05, 0) is 54.7 Å². The summed E-state index contributed by atoms with van der Waals surface area (Å²) in [6, 6.07) is 7.66. The van der Waals surface area contributed by atoms with E-state index in [2.05, 4.69) is 45.9 Å². The minimum Gasteiger partial charge on any atom is -0.484 e. The maximum Gasteiger partial charge on any atom is 0.276 e. The van der Waals surface area contributed by atoms with E-state index in [1.165, 1.54) is 12.8 Å². The van der Waals surface area contributed by atoms with Gasteiger partial charge in [-0.15, -0.1) is 0 Å². The van der Waals surface area contributed by atoms with Crippen molar-refractivity contribution in [3.05, 3.63) is 28.7 Å². The fourth-order valence-electron chi connectivity index (χ4n) is 2.83. The lowest BCUT2D eigenvalue weighted by atomic mass is 9.78. The van der Waals surface area contributed by atoms with Gasteiger partial charge in [0.15, 0.2) is 11.7 Å². The van der Waals surface area contributed by atoms with E-state index in [4.69, 9.17) is 17.0 Å². The topological polar surface area (TPSA) is 62.4 Å². The van der Waals surface area contributed by atoms with E-state index in [0.717, 1.165) is 10.9 Å². The van der Waals surface area contributed by atoms with Gasteiger partial charge in [-0.2, -0.15) is 0 Å². The molecule has 0 unspecified atom stereocenters. The number of carbonyl (C=O) groups excluding carboxylic acids is 1. The third-order valence-electron chi connectivity index (χ3n) is 4.52. The van der Waals surface area contributed by atoms with Crippen molar-refractivity contribution in [3.63, 3.8) is 0 Å². The normalized spacial score (nSPS) is 23.2. The lowest BCUT2D eigenvalue weighted by Gasteiger charge is -2.35. The molecule has 1 amide bonds. The molecule has 3 N–H and O–H groups in total. The number of amides is 1. The molecule has 2 rings (SSSR count). The molecule has 0 bridgehead atoms. The molecule has 132 valence electrons. The quantitative estimate of drug-likeness (QED) is 0.522. The lowest BCUT2D eigenvalue weighted by Crippen LogP contribution is -2.53. The van der Waals surface area contributed by atoms with Crippen LogP contribution in [-0.2, 0) is 4.79 Å². The van der Waals surface area contributed by atoms with Crippen LogP contribution < -0.4 is 20.9 Å². The van der Waals surface area contributed by atoms with Gasteiger partial charge in [-0.3, -0.25) is 15.6 Å². The summed E-state index contributed by atoms with van der Waals surface area (Å²) in [5.41, 5.74) is 5.30. The highest BCUT2D eigenvalue weighted by molar-refractivity contribution is 9.10. The number of nitrogens with one attached hydrogen (secondary N) is 3. The summed E-state index contributed by atoms with van der Waals surface area (Å²) in [6.45, 7) is 4.44. The van der Waals surface area contributed by atoms with E-state index in [1.54, 1.807) is 12.1 Å². The van der Waals surface area contributed by atoms with Crippen molar-refractivity contribution in [3.8, 4) is 5.75 Å². The van der Waals surface area contributed by atoms with Crippen molar-refractivity contribution in [2.75, 3.05) is 6.61 Å². The standard InChI is InChI=1S/C17H24BrN3O2S/c1-11-4-3-5-15(12(11)2)19-17(24)21-20-16(22)10-23-14-8-6-13(18)7-9-14/h6-9,11-12,15H,3-5,10H2,1-2H3,(H,20,22)(H2,19,21,24)/t11-,12-,15+/m1/s1. The smallest absolute Gasteiger partial charge is 0.276 e. The van der Waals surface area contributed by atoms with Crippen molar-refractivity contribution < 1.29 is 9.53 Å². The monoisotopic (exact) mass is 413 g/mol. The lowest BCUT2D eigenvalue weighted by molar-refractivity contribution is -0.123. The average molecular weight is 414 g/mol. The van der Waals surface area contributed by atoms with Gasteiger partial charge >= 0.3 is 0 Å². The summed E-state index contributed by atoms with van der Waals surface area (Å²) in [6.07, 6.45) is 3.58. The number of ether oxygens (including phenoxy) is 1. The van der Waals surface area contributed by atoms with Crippen molar-refractivity contribution in [1.29, 1.82) is 0 Å². The Morgan fingerprint density at radius 2 is 1.96 bits per heavy atom. The molecule has 0 spiro atoms. The van der Waals surface area contributed by atoms with Crippen molar-refractivity contribution in [2.45, 2.75) is 39.2 Å². The van der Waals surface area contributed by atoms with Crippen molar-refractivity contribution >= 4 is 39.2 Å². The number of hydrogen-bond acceptors (Lipinski definition) is 3. The van der Waals surface area contributed by atoms with Crippen LogP contribution in [0.15, 0.2) is 28.7 Å². The van der Waals surface area contributed by atoms with Crippen LogP contribution in [0.25, 0.3) is 0 Å². The van der Waals surface area contributed by atoms with Gasteiger partial charge in [0.25, 0.3) is 5.91 Å². The highest BCUT2D eigenvalue weighted by Gasteiger charge is 2.27. The molecule has 0 aliphatic heterocycles. The van der Waals surface area contributed by atoms with Gasteiger partial charge in [-0.1, -0.05) is 42.6 Å². The average Bonchev–Trinajstić information content (AvgIpc) is 2.56. The van der Waals surface area contributed by atoms with Gasteiger partial charge in [-0.25, -0.2) is 0 Å². The summed E-state index contributed by atoms with van der Waals surface area (Å²) >= 11 is 8.60. The Balaban J connectivity index is 1.67. The second kappa shape index (κ2) is 9.22. The molecule has 0 radical (unpaired) electrons. The Bertz CT molecular complexity index is 567. The molecule has 7 heteroatoms. The van der Waals surface area contributed by atoms with E-state index in [0.29, 0.717) is 28.7 Å². The number of benzene rings is 1. The third kappa shape index (κ3) is 5.94. The van der Waals surface area contributed by atoms with Crippen LogP contribution in [0.5, 0.6) is 5.75 Å². The summed E-state index contributed by atoms with van der Waals surface area (Å²) < 4.78 is 6.36. The second-order valence-corrected chi connectivity index (χ2v) is 7.59. The van der Waals surface area contributed by atoms with E-state index >= 15 is 0 Å². The van der Waals surface area contributed by atoms with Crippen LogP contribution in [-0.4, -0.2) is 23.7 Å². The van der Waals surface area contributed by atoms with Crippen molar-refractivity contribution in [1.82, 2.24) is 16.2 Å². The van der Waals surface area contributed by atoms with Crippen LogP contribution >= 0.6 is 28.1 Å². The Morgan fingerprint density at radius 3 is 2.67 bits per heavy atom. The summed E-state index contributed by atoms with van der Waals surface area (Å²) in [7, 11) is 0. The molecular weight excluding hydrogens is 390 g/mol. The van der Waals surface area contributed by atoms with E-state index < -0.39 is 0 Å². The summed E-state index contributed by atoms with van der Waals surface area (Å²) in [4.78, 5) is 11.8. The van der Waals surface area contributed by atoms with E-state index in [1.807, 2.05) is 12.1 Å². The Labute approximate surface area is 157 Å². The maximum absolute atomic E-state index is 11.8. The molecule has 3 atom stereocenters. The third-order valence-corrected chi connectivity index (χ3v) is 5.27. The molecule has 1 aromatic carbocycles. The predicted octanol–water partition coefficient (Wildman–Crippen LogP) is 3.15. The SMILES string of the molecule is C[C@@H]1[C@H](C)CCC[C@@H]1NC(=S)NNC(=O)COc1ccc(Br)cc1. The predicted molar refractivity (Wildman–Crippen MR) is 103 cm³/mol.